The molecule has 0 aliphatic heterocycles. The van der Waals surface area contributed by atoms with Crippen molar-refractivity contribution in [1.29, 1.82) is 0 Å². The second-order valence-electron chi connectivity index (χ2n) is 3.90. The Kier molecular flexibility index (Phi) is 3.00. The maximum atomic E-state index is 10.7. The van der Waals surface area contributed by atoms with Gasteiger partial charge in [-0.25, -0.2) is 4.98 Å². The summed E-state index contributed by atoms with van der Waals surface area (Å²) in [6.07, 6.45) is 3.88. The van der Waals surface area contributed by atoms with E-state index in [-0.39, 0.29) is 23.7 Å². The van der Waals surface area contributed by atoms with E-state index >= 15 is 0 Å². The van der Waals surface area contributed by atoms with Crippen molar-refractivity contribution in [3.05, 3.63) is 28.4 Å². The lowest BCUT2D eigenvalue weighted by atomic mass is 10.3. The Morgan fingerprint density at radius 3 is 3.00 bits per heavy atom. The van der Waals surface area contributed by atoms with Crippen LogP contribution >= 0.6 is 0 Å². The van der Waals surface area contributed by atoms with Crippen LogP contribution in [0.4, 0.5) is 5.69 Å². The normalized spacial score (nSPS) is 24.3. The van der Waals surface area contributed by atoms with E-state index in [0.717, 1.165) is 19.3 Å². The molecule has 1 aliphatic carbocycles. The first kappa shape index (κ1) is 10.8. The largest absolute Gasteiger partial charge is 0.469 e. The highest BCUT2D eigenvalue weighted by molar-refractivity contribution is 5.39. The molecule has 0 amide bonds. The Balaban J connectivity index is 2.12. The zero-order valence-corrected chi connectivity index (χ0v) is 8.70. The second-order valence-corrected chi connectivity index (χ2v) is 3.90. The number of rotatable bonds is 3. The highest BCUT2D eigenvalue weighted by Crippen LogP contribution is 2.28. The Labute approximate surface area is 92.6 Å². The molecule has 0 spiro atoms. The van der Waals surface area contributed by atoms with Crippen molar-refractivity contribution in [1.82, 2.24) is 4.98 Å². The Morgan fingerprint density at radius 1 is 1.56 bits per heavy atom. The lowest BCUT2D eigenvalue weighted by molar-refractivity contribution is -0.386. The van der Waals surface area contributed by atoms with Crippen molar-refractivity contribution in [3.63, 3.8) is 0 Å². The van der Waals surface area contributed by atoms with Gasteiger partial charge in [-0.3, -0.25) is 10.1 Å². The van der Waals surface area contributed by atoms with Crippen molar-refractivity contribution < 1.29 is 9.66 Å². The molecule has 6 heteroatoms. The SMILES string of the molecule is NC1CCC(Oc2ncccc2[N+](=O)[O-])C1. The van der Waals surface area contributed by atoms with Crippen LogP contribution in [0.3, 0.4) is 0 Å². The van der Waals surface area contributed by atoms with Crippen molar-refractivity contribution >= 4 is 5.69 Å². The van der Waals surface area contributed by atoms with E-state index in [2.05, 4.69) is 4.98 Å². The summed E-state index contributed by atoms with van der Waals surface area (Å²) in [4.78, 5) is 14.1. The van der Waals surface area contributed by atoms with Crippen LogP contribution in [0.15, 0.2) is 18.3 Å². The molecule has 16 heavy (non-hydrogen) atoms. The summed E-state index contributed by atoms with van der Waals surface area (Å²) >= 11 is 0. The molecule has 0 bridgehead atoms. The van der Waals surface area contributed by atoms with Gasteiger partial charge in [0.15, 0.2) is 0 Å². The summed E-state index contributed by atoms with van der Waals surface area (Å²) in [5.74, 6) is 0.0894. The lowest BCUT2D eigenvalue weighted by Gasteiger charge is -2.11. The minimum absolute atomic E-state index is 0.0522. The Hall–Kier alpha value is -1.69. The summed E-state index contributed by atoms with van der Waals surface area (Å²) in [5, 5.41) is 10.7. The topological polar surface area (TPSA) is 91.3 Å². The van der Waals surface area contributed by atoms with Gasteiger partial charge in [0.2, 0.25) is 0 Å². The molecule has 1 heterocycles. The fourth-order valence-corrected chi connectivity index (χ4v) is 1.85. The van der Waals surface area contributed by atoms with Crippen molar-refractivity contribution in [2.45, 2.75) is 31.4 Å². The van der Waals surface area contributed by atoms with Crippen LogP contribution < -0.4 is 10.5 Å². The third-order valence-electron chi connectivity index (χ3n) is 2.65. The summed E-state index contributed by atoms with van der Waals surface area (Å²) in [6, 6.07) is 3.04. The number of nitro groups is 1. The molecule has 1 fully saturated rings. The lowest BCUT2D eigenvalue weighted by Crippen LogP contribution is -2.19. The van der Waals surface area contributed by atoms with Gasteiger partial charge in [0.25, 0.3) is 5.88 Å². The van der Waals surface area contributed by atoms with Gasteiger partial charge in [0.1, 0.15) is 6.10 Å². The fourth-order valence-electron chi connectivity index (χ4n) is 1.85. The first-order valence-electron chi connectivity index (χ1n) is 5.18. The van der Waals surface area contributed by atoms with E-state index in [9.17, 15) is 10.1 Å². The molecule has 1 aromatic rings. The number of aromatic nitrogens is 1. The van der Waals surface area contributed by atoms with Crippen molar-refractivity contribution in [2.75, 3.05) is 0 Å². The zero-order valence-electron chi connectivity index (χ0n) is 8.70. The first-order valence-corrected chi connectivity index (χ1v) is 5.18. The molecule has 2 unspecified atom stereocenters. The minimum atomic E-state index is -0.489. The van der Waals surface area contributed by atoms with Gasteiger partial charge in [-0.15, -0.1) is 0 Å². The predicted octanol–water partition coefficient (Wildman–Crippen LogP) is 1.25. The molecule has 1 aromatic heterocycles. The number of nitrogens with zero attached hydrogens (tertiary/aromatic N) is 2. The number of hydrogen-bond donors (Lipinski definition) is 1. The van der Waals surface area contributed by atoms with Gasteiger partial charge in [-0.1, -0.05) is 0 Å². The van der Waals surface area contributed by atoms with Crippen LogP contribution in [0.5, 0.6) is 5.88 Å². The van der Waals surface area contributed by atoms with Crippen LogP contribution in [0, 0.1) is 10.1 Å². The van der Waals surface area contributed by atoms with Crippen LogP contribution in [0.2, 0.25) is 0 Å². The van der Waals surface area contributed by atoms with Crippen molar-refractivity contribution in [2.24, 2.45) is 5.73 Å². The van der Waals surface area contributed by atoms with E-state index in [1.807, 2.05) is 0 Å². The van der Waals surface area contributed by atoms with Gasteiger partial charge in [0, 0.05) is 18.3 Å². The van der Waals surface area contributed by atoms with Crippen LogP contribution in [0.25, 0.3) is 0 Å². The molecular weight excluding hydrogens is 210 g/mol. The van der Waals surface area contributed by atoms with Crippen molar-refractivity contribution in [3.8, 4) is 5.88 Å². The van der Waals surface area contributed by atoms with Gasteiger partial charge in [-0.2, -0.15) is 0 Å². The van der Waals surface area contributed by atoms with E-state index in [0.29, 0.717) is 0 Å². The van der Waals surface area contributed by atoms with Crippen LogP contribution in [0.1, 0.15) is 19.3 Å². The fraction of sp³-hybridized carbons (Fsp3) is 0.500. The minimum Gasteiger partial charge on any atom is -0.469 e. The maximum Gasteiger partial charge on any atom is 0.330 e. The highest BCUT2D eigenvalue weighted by Gasteiger charge is 2.26. The summed E-state index contributed by atoms with van der Waals surface area (Å²) < 4.78 is 5.51. The van der Waals surface area contributed by atoms with Gasteiger partial charge >= 0.3 is 5.69 Å². The molecular formula is C10H13N3O3. The summed E-state index contributed by atoms with van der Waals surface area (Å²) in [6.45, 7) is 0. The molecule has 1 aliphatic rings. The van der Waals surface area contributed by atoms with E-state index < -0.39 is 4.92 Å². The van der Waals surface area contributed by atoms with Gasteiger partial charge < -0.3 is 10.5 Å². The molecule has 0 aromatic carbocycles. The third-order valence-corrected chi connectivity index (χ3v) is 2.65. The first-order chi connectivity index (χ1) is 7.66. The van der Waals surface area contributed by atoms with E-state index in [4.69, 9.17) is 10.5 Å². The van der Waals surface area contributed by atoms with Gasteiger partial charge in [-0.05, 0) is 25.3 Å². The molecule has 2 atom stereocenters. The molecule has 2 rings (SSSR count). The second kappa shape index (κ2) is 4.44. The molecule has 1 saturated carbocycles. The predicted molar refractivity (Wildman–Crippen MR) is 57.1 cm³/mol. The maximum absolute atomic E-state index is 10.7. The highest BCUT2D eigenvalue weighted by atomic mass is 16.6. The number of pyridine rings is 1. The van der Waals surface area contributed by atoms with Crippen LogP contribution in [-0.4, -0.2) is 22.1 Å². The molecule has 6 nitrogen and oxygen atoms in total. The smallest absolute Gasteiger partial charge is 0.330 e. The molecule has 2 N–H and O–H groups in total. The average molecular weight is 223 g/mol. The molecule has 86 valence electrons. The monoisotopic (exact) mass is 223 g/mol. The molecule has 0 radical (unpaired) electrons. The summed E-state index contributed by atoms with van der Waals surface area (Å²) in [7, 11) is 0. The average Bonchev–Trinajstić information content (AvgIpc) is 2.64. The third kappa shape index (κ3) is 2.27. The Bertz CT molecular complexity index is 397. The number of nitrogens with two attached hydrogens (primary N) is 1. The number of ether oxygens (including phenoxy) is 1. The van der Waals surface area contributed by atoms with E-state index in [1.165, 1.54) is 18.3 Å². The van der Waals surface area contributed by atoms with Gasteiger partial charge in [0.05, 0.1) is 4.92 Å². The molecule has 0 saturated heterocycles. The zero-order chi connectivity index (χ0) is 11.5. The van der Waals surface area contributed by atoms with E-state index in [1.54, 1.807) is 0 Å². The standard InChI is InChI=1S/C10H13N3O3/c11-7-3-4-8(6-7)16-10-9(13(14)15)2-1-5-12-10/h1-2,5,7-8H,3-4,6,11H2. The van der Waals surface area contributed by atoms with Crippen LogP contribution in [-0.2, 0) is 0 Å². The Morgan fingerprint density at radius 2 is 2.38 bits per heavy atom. The number of hydrogen-bond acceptors (Lipinski definition) is 5. The summed E-state index contributed by atoms with van der Waals surface area (Å²) in [5.41, 5.74) is 5.65. The quantitative estimate of drug-likeness (QED) is 0.615.